The summed E-state index contributed by atoms with van der Waals surface area (Å²) in [5.41, 5.74) is 0.440. The van der Waals surface area contributed by atoms with Crippen molar-refractivity contribution in [3.05, 3.63) is 74.3 Å². The molecule has 34 heavy (non-hydrogen) atoms. The molecule has 0 unspecified atom stereocenters. The van der Waals surface area contributed by atoms with Crippen LogP contribution in [-0.2, 0) is 14.3 Å². The van der Waals surface area contributed by atoms with Gasteiger partial charge in [-0.1, -0.05) is 30.3 Å². The van der Waals surface area contributed by atoms with Crippen LogP contribution >= 0.6 is 0 Å². The van der Waals surface area contributed by atoms with Crippen molar-refractivity contribution in [2.75, 3.05) is 18.9 Å². The van der Waals surface area contributed by atoms with E-state index < -0.39 is 33.8 Å². The van der Waals surface area contributed by atoms with Gasteiger partial charge in [0.05, 0.1) is 28.1 Å². The highest BCUT2D eigenvalue weighted by Gasteiger charge is 2.36. The zero-order valence-corrected chi connectivity index (χ0v) is 19.2. The summed E-state index contributed by atoms with van der Waals surface area (Å²) in [5, 5.41) is 25.5. The van der Waals surface area contributed by atoms with E-state index in [1.807, 2.05) is 25.2 Å². The summed E-state index contributed by atoms with van der Waals surface area (Å²) in [6, 6.07) is 13.0. The summed E-state index contributed by atoms with van der Waals surface area (Å²) in [6.07, 6.45) is -0.0382. The van der Waals surface area contributed by atoms with Crippen LogP contribution in [0, 0.1) is 20.2 Å². The number of nitro benzene ring substituents is 2. The smallest absolute Gasteiger partial charge is 0.305 e. The van der Waals surface area contributed by atoms with Gasteiger partial charge in [-0.3, -0.25) is 29.9 Å². The fourth-order valence-corrected chi connectivity index (χ4v) is 3.97. The third-order valence-electron chi connectivity index (χ3n) is 5.90. The first-order valence-corrected chi connectivity index (χ1v) is 10.9. The van der Waals surface area contributed by atoms with Gasteiger partial charge in [0.15, 0.2) is 0 Å². The van der Waals surface area contributed by atoms with E-state index in [-0.39, 0.29) is 23.5 Å². The number of hydrogen-bond acceptors (Lipinski definition) is 9. The zero-order valence-electron chi connectivity index (χ0n) is 19.2. The number of likely N-dealkylation sites (N-methyl/N-ethyl adjacent to an activating group) is 1. The fourth-order valence-electron chi connectivity index (χ4n) is 3.97. The highest BCUT2D eigenvalue weighted by atomic mass is 16.7. The lowest BCUT2D eigenvalue weighted by molar-refractivity contribution is -0.393. The van der Waals surface area contributed by atoms with E-state index >= 15 is 0 Å². The molecule has 11 nitrogen and oxygen atoms in total. The summed E-state index contributed by atoms with van der Waals surface area (Å²) in [4.78, 5) is 34.9. The van der Waals surface area contributed by atoms with E-state index in [2.05, 4.69) is 29.3 Å². The van der Waals surface area contributed by atoms with Crippen molar-refractivity contribution in [1.82, 2.24) is 4.90 Å². The quantitative estimate of drug-likeness (QED) is 0.325. The van der Waals surface area contributed by atoms with Crippen LogP contribution in [0.1, 0.15) is 38.3 Å². The number of carbonyl (C=O) groups is 1. The number of anilines is 1. The van der Waals surface area contributed by atoms with Crippen molar-refractivity contribution in [2.45, 2.75) is 51.2 Å². The Morgan fingerprint density at radius 3 is 2.50 bits per heavy atom. The SMILES string of the molecule is CC(=O)O[C@H]1O[C@H](CN(C)[C@H](C)c2ccccc2)CC[C@H]1Nc1ccc([N+](=O)[O-])cc1[N+](=O)[O-]. The number of esters is 1. The second-order valence-electron chi connectivity index (χ2n) is 8.31. The first kappa shape index (κ1) is 25.1. The summed E-state index contributed by atoms with van der Waals surface area (Å²) in [5.74, 6) is -0.540. The Hall–Kier alpha value is -3.57. The molecule has 4 atom stereocenters. The van der Waals surface area contributed by atoms with Crippen LogP contribution in [0.25, 0.3) is 0 Å². The van der Waals surface area contributed by atoms with Gasteiger partial charge < -0.3 is 14.8 Å². The standard InChI is InChI=1S/C23H28N4O7/c1-15(17-7-5-4-6-8-17)25(3)14-19-10-12-21(23(34-19)33-16(2)28)24-20-11-9-18(26(29)30)13-22(20)27(31)32/h4-9,11,13,15,19,21,23-24H,10,12,14H2,1-3H3/t15-,19+,21-,23+/m1/s1. The molecule has 1 heterocycles. The molecule has 1 saturated heterocycles. The van der Waals surface area contributed by atoms with Crippen LogP contribution in [0.2, 0.25) is 0 Å². The number of rotatable bonds is 9. The third-order valence-corrected chi connectivity index (χ3v) is 5.90. The molecule has 0 amide bonds. The first-order valence-electron chi connectivity index (χ1n) is 10.9. The van der Waals surface area contributed by atoms with E-state index in [1.54, 1.807) is 0 Å². The van der Waals surface area contributed by atoms with Crippen molar-refractivity contribution in [2.24, 2.45) is 0 Å². The molecule has 1 fully saturated rings. The monoisotopic (exact) mass is 472 g/mol. The predicted molar refractivity (Wildman–Crippen MR) is 124 cm³/mol. The van der Waals surface area contributed by atoms with Crippen molar-refractivity contribution in [1.29, 1.82) is 0 Å². The van der Waals surface area contributed by atoms with E-state index in [0.717, 1.165) is 6.07 Å². The Morgan fingerprint density at radius 1 is 1.18 bits per heavy atom. The van der Waals surface area contributed by atoms with Crippen LogP contribution in [0.3, 0.4) is 0 Å². The molecule has 0 saturated carbocycles. The van der Waals surface area contributed by atoms with Crippen LogP contribution in [0.5, 0.6) is 0 Å². The van der Waals surface area contributed by atoms with Crippen molar-refractivity contribution < 1.29 is 24.1 Å². The molecule has 2 aromatic carbocycles. The predicted octanol–water partition coefficient (Wildman–Crippen LogP) is 4.04. The molecule has 0 bridgehead atoms. The molecule has 11 heteroatoms. The van der Waals surface area contributed by atoms with Gasteiger partial charge in [-0.05, 0) is 38.4 Å². The normalized spacial score (nSPS) is 21.0. The van der Waals surface area contributed by atoms with Gasteiger partial charge in [0.25, 0.3) is 11.4 Å². The van der Waals surface area contributed by atoms with E-state index in [1.165, 1.54) is 24.6 Å². The summed E-state index contributed by atoms with van der Waals surface area (Å²) < 4.78 is 11.5. The zero-order chi connectivity index (χ0) is 24.8. The lowest BCUT2D eigenvalue weighted by atomic mass is 10.0. The van der Waals surface area contributed by atoms with Gasteiger partial charge in [0.2, 0.25) is 6.29 Å². The number of nitro groups is 2. The molecular formula is C23H28N4O7. The maximum Gasteiger partial charge on any atom is 0.305 e. The van der Waals surface area contributed by atoms with Crippen LogP contribution in [0.4, 0.5) is 17.1 Å². The van der Waals surface area contributed by atoms with Crippen LogP contribution < -0.4 is 5.32 Å². The minimum atomic E-state index is -0.966. The fraction of sp³-hybridized carbons (Fsp3) is 0.435. The summed E-state index contributed by atoms with van der Waals surface area (Å²) >= 11 is 0. The lowest BCUT2D eigenvalue weighted by Crippen LogP contribution is -2.48. The third kappa shape index (κ3) is 6.27. The topological polar surface area (TPSA) is 137 Å². The van der Waals surface area contributed by atoms with Gasteiger partial charge in [-0.2, -0.15) is 0 Å². The average Bonchev–Trinajstić information content (AvgIpc) is 2.80. The molecule has 0 aromatic heterocycles. The molecule has 0 radical (unpaired) electrons. The summed E-state index contributed by atoms with van der Waals surface area (Å²) in [7, 11) is 1.99. The van der Waals surface area contributed by atoms with Gasteiger partial charge in [0.1, 0.15) is 5.69 Å². The average molecular weight is 472 g/mol. The number of nitrogens with zero attached hydrogens (tertiary/aromatic N) is 3. The van der Waals surface area contributed by atoms with Gasteiger partial charge >= 0.3 is 5.97 Å². The van der Waals surface area contributed by atoms with Crippen LogP contribution in [0.15, 0.2) is 48.5 Å². The Labute approximate surface area is 197 Å². The molecule has 1 N–H and O–H groups in total. The molecule has 1 aliphatic heterocycles. The van der Waals surface area contributed by atoms with E-state index in [9.17, 15) is 25.0 Å². The largest absolute Gasteiger partial charge is 0.434 e. The highest BCUT2D eigenvalue weighted by molar-refractivity contribution is 5.67. The summed E-state index contributed by atoms with van der Waals surface area (Å²) in [6.45, 7) is 3.96. The van der Waals surface area contributed by atoms with E-state index in [0.29, 0.717) is 19.4 Å². The second-order valence-corrected chi connectivity index (χ2v) is 8.31. The van der Waals surface area contributed by atoms with Crippen LogP contribution in [-0.4, -0.2) is 52.7 Å². The molecule has 0 spiro atoms. The molecular weight excluding hydrogens is 444 g/mol. The van der Waals surface area contributed by atoms with E-state index in [4.69, 9.17) is 9.47 Å². The van der Waals surface area contributed by atoms with Gasteiger partial charge in [0, 0.05) is 25.6 Å². The van der Waals surface area contributed by atoms with Crippen molar-refractivity contribution in [3.63, 3.8) is 0 Å². The Bertz CT molecular complexity index is 1030. The molecule has 1 aliphatic rings. The lowest BCUT2D eigenvalue weighted by Gasteiger charge is -2.38. The minimum absolute atomic E-state index is 0.0922. The van der Waals surface area contributed by atoms with Crippen molar-refractivity contribution in [3.8, 4) is 0 Å². The number of non-ortho nitro benzene ring substituents is 1. The molecule has 2 aromatic rings. The van der Waals surface area contributed by atoms with Crippen molar-refractivity contribution >= 4 is 23.0 Å². The first-order chi connectivity index (χ1) is 16.2. The number of hydrogen-bond donors (Lipinski definition) is 1. The Morgan fingerprint density at radius 2 is 1.88 bits per heavy atom. The van der Waals surface area contributed by atoms with Gasteiger partial charge in [-0.15, -0.1) is 0 Å². The molecule has 182 valence electrons. The number of ether oxygens (including phenoxy) is 2. The Balaban J connectivity index is 1.71. The number of nitrogens with one attached hydrogen (secondary N) is 1. The number of benzene rings is 2. The second kappa shape index (κ2) is 11.0. The molecule has 0 aliphatic carbocycles. The maximum absolute atomic E-state index is 11.7. The Kier molecular flexibility index (Phi) is 8.13. The van der Waals surface area contributed by atoms with Gasteiger partial charge in [-0.25, -0.2) is 0 Å². The molecule has 3 rings (SSSR count). The highest BCUT2D eigenvalue weighted by Crippen LogP contribution is 2.32. The maximum atomic E-state index is 11.7. The number of carbonyl (C=O) groups excluding carboxylic acids is 1. The minimum Gasteiger partial charge on any atom is -0.434 e.